The summed E-state index contributed by atoms with van der Waals surface area (Å²) in [6.45, 7) is 1.71. The van der Waals surface area contributed by atoms with Gasteiger partial charge in [-0.15, -0.1) is 0 Å². The predicted octanol–water partition coefficient (Wildman–Crippen LogP) is 5.31. The second-order valence-corrected chi connectivity index (χ2v) is 8.33. The number of hydrogen-bond acceptors (Lipinski definition) is 4. The second-order valence-electron chi connectivity index (χ2n) is 6.42. The van der Waals surface area contributed by atoms with Crippen LogP contribution in [-0.4, -0.2) is 20.1 Å². The van der Waals surface area contributed by atoms with Gasteiger partial charge in [0.15, 0.2) is 11.6 Å². The number of benzene rings is 3. The first-order valence-electron chi connectivity index (χ1n) is 8.75. The van der Waals surface area contributed by atoms with Gasteiger partial charge in [-0.2, -0.15) is 8.78 Å². The average molecular weight is 453 g/mol. The smallest absolute Gasteiger partial charge is 0.341 e. The molecular formula is C21H15F4NO4S. The van der Waals surface area contributed by atoms with Crippen molar-refractivity contribution in [2.24, 2.45) is 0 Å². The van der Waals surface area contributed by atoms with Crippen LogP contribution in [0.4, 0.5) is 23.2 Å². The van der Waals surface area contributed by atoms with E-state index in [1.807, 2.05) is 0 Å². The molecule has 0 bridgehead atoms. The van der Waals surface area contributed by atoms with E-state index in [0.717, 1.165) is 30.3 Å². The fourth-order valence-electron chi connectivity index (χ4n) is 2.64. The lowest BCUT2D eigenvalue weighted by molar-refractivity contribution is 0.102. The standard InChI is InChI=1S/C21H15F4NO4S/c1-12-5-2-3-8-17(12)30-18-11-14(22)10-16(23)19(18)26-20(27)13-6-4-7-15(9-13)31(28,29)21(24)25/h2-11,21H,1H3,(H,26,27). The number of carbonyl (C=O) groups is 1. The van der Waals surface area contributed by atoms with Crippen LogP contribution >= 0.6 is 0 Å². The molecule has 1 N–H and O–H groups in total. The third-order valence-corrected chi connectivity index (χ3v) is 5.61. The molecule has 31 heavy (non-hydrogen) atoms. The first kappa shape index (κ1) is 22.3. The summed E-state index contributed by atoms with van der Waals surface area (Å²) < 4.78 is 82.6. The summed E-state index contributed by atoms with van der Waals surface area (Å²) in [5.74, 6) is -6.83. The second kappa shape index (κ2) is 8.76. The number of alkyl halides is 2. The van der Waals surface area contributed by atoms with E-state index in [-0.39, 0.29) is 17.1 Å². The van der Waals surface area contributed by atoms with Gasteiger partial charge in [0.05, 0.1) is 4.90 Å². The molecule has 0 radical (unpaired) electrons. The summed E-state index contributed by atoms with van der Waals surface area (Å²) in [4.78, 5) is 11.8. The summed E-state index contributed by atoms with van der Waals surface area (Å²) in [7, 11) is -4.93. The normalized spacial score (nSPS) is 11.4. The first-order valence-corrected chi connectivity index (χ1v) is 10.3. The van der Waals surface area contributed by atoms with Crippen molar-refractivity contribution in [3.63, 3.8) is 0 Å². The van der Waals surface area contributed by atoms with Gasteiger partial charge in [-0.1, -0.05) is 24.3 Å². The molecule has 3 aromatic carbocycles. The van der Waals surface area contributed by atoms with Gasteiger partial charge in [-0.25, -0.2) is 17.2 Å². The fraction of sp³-hybridized carbons (Fsp3) is 0.0952. The molecule has 5 nitrogen and oxygen atoms in total. The van der Waals surface area contributed by atoms with Crippen molar-refractivity contribution >= 4 is 21.4 Å². The predicted molar refractivity (Wildman–Crippen MR) is 105 cm³/mol. The molecule has 10 heteroatoms. The molecule has 0 unspecified atom stereocenters. The molecule has 0 aliphatic carbocycles. The number of hydrogen-bond donors (Lipinski definition) is 1. The highest BCUT2D eigenvalue weighted by atomic mass is 32.2. The number of amides is 1. The van der Waals surface area contributed by atoms with E-state index in [1.165, 1.54) is 0 Å². The van der Waals surface area contributed by atoms with Crippen LogP contribution in [-0.2, 0) is 9.84 Å². The van der Waals surface area contributed by atoms with Crippen molar-refractivity contribution in [3.05, 3.63) is 83.4 Å². The highest BCUT2D eigenvalue weighted by Gasteiger charge is 2.27. The van der Waals surface area contributed by atoms with Gasteiger partial charge >= 0.3 is 5.76 Å². The van der Waals surface area contributed by atoms with Gasteiger partial charge in [-0.3, -0.25) is 4.79 Å². The number of ether oxygens (including phenoxy) is 1. The Morgan fingerprint density at radius 3 is 2.35 bits per heavy atom. The van der Waals surface area contributed by atoms with Gasteiger partial charge in [0, 0.05) is 17.7 Å². The average Bonchev–Trinajstić information content (AvgIpc) is 2.72. The monoisotopic (exact) mass is 453 g/mol. The van der Waals surface area contributed by atoms with Crippen LogP contribution in [0.5, 0.6) is 11.5 Å². The van der Waals surface area contributed by atoms with Crippen molar-refractivity contribution in [1.29, 1.82) is 0 Å². The minimum atomic E-state index is -4.93. The van der Waals surface area contributed by atoms with Crippen LogP contribution in [0, 0.1) is 18.6 Å². The fourth-order valence-corrected chi connectivity index (χ4v) is 3.41. The van der Waals surface area contributed by atoms with E-state index >= 15 is 0 Å². The first-order chi connectivity index (χ1) is 14.6. The number of para-hydroxylation sites is 1. The molecule has 3 aromatic rings. The third-order valence-electron chi connectivity index (χ3n) is 4.23. The summed E-state index contributed by atoms with van der Waals surface area (Å²) in [5.41, 5.74) is -0.168. The Bertz CT molecular complexity index is 1250. The summed E-state index contributed by atoms with van der Waals surface area (Å²) >= 11 is 0. The molecule has 1 amide bonds. The zero-order valence-corrected chi connectivity index (χ0v) is 16.7. The number of aryl methyl sites for hydroxylation is 1. The summed E-state index contributed by atoms with van der Waals surface area (Å²) in [5, 5.41) is 2.18. The number of sulfone groups is 1. The molecule has 0 fully saturated rings. The lowest BCUT2D eigenvalue weighted by Crippen LogP contribution is -2.16. The third kappa shape index (κ3) is 4.85. The van der Waals surface area contributed by atoms with Gasteiger partial charge in [0.1, 0.15) is 17.3 Å². The van der Waals surface area contributed by atoms with Gasteiger partial charge < -0.3 is 10.1 Å². The SMILES string of the molecule is Cc1ccccc1Oc1cc(F)cc(F)c1NC(=O)c1cccc(S(=O)(=O)C(F)F)c1. The van der Waals surface area contributed by atoms with E-state index < -0.39 is 43.7 Å². The topological polar surface area (TPSA) is 72.5 Å². The molecule has 0 heterocycles. The van der Waals surface area contributed by atoms with Gasteiger partial charge in [-0.05, 0) is 36.8 Å². The Morgan fingerprint density at radius 2 is 1.68 bits per heavy atom. The molecule has 0 aliphatic rings. The largest absolute Gasteiger partial charge is 0.455 e. The molecule has 0 aromatic heterocycles. The van der Waals surface area contributed by atoms with Gasteiger partial charge in [0.2, 0.25) is 9.84 Å². The molecule has 0 spiro atoms. The van der Waals surface area contributed by atoms with E-state index in [2.05, 4.69) is 5.32 Å². The summed E-state index contributed by atoms with van der Waals surface area (Å²) in [6, 6.07) is 11.9. The van der Waals surface area contributed by atoms with Crippen LogP contribution in [0.15, 0.2) is 65.6 Å². The lowest BCUT2D eigenvalue weighted by atomic mass is 10.2. The Kier molecular flexibility index (Phi) is 6.30. The zero-order valence-electron chi connectivity index (χ0n) is 15.9. The highest BCUT2D eigenvalue weighted by molar-refractivity contribution is 7.91. The molecule has 0 saturated heterocycles. The van der Waals surface area contributed by atoms with E-state index in [1.54, 1.807) is 31.2 Å². The van der Waals surface area contributed by atoms with E-state index in [4.69, 9.17) is 4.74 Å². The number of carbonyl (C=O) groups excluding carboxylic acids is 1. The minimum absolute atomic E-state index is 0.285. The quantitative estimate of drug-likeness (QED) is 0.513. The maximum atomic E-state index is 14.4. The highest BCUT2D eigenvalue weighted by Crippen LogP contribution is 2.34. The van der Waals surface area contributed by atoms with Crippen molar-refractivity contribution in [2.45, 2.75) is 17.6 Å². The maximum absolute atomic E-state index is 14.4. The molecule has 0 aliphatic heterocycles. The Hall–Kier alpha value is -3.40. The lowest BCUT2D eigenvalue weighted by Gasteiger charge is -2.15. The number of nitrogens with one attached hydrogen (secondary N) is 1. The van der Waals surface area contributed by atoms with Crippen LogP contribution in [0.1, 0.15) is 15.9 Å². The minimum Gasteiger partial charge on any atom is -0.455 e. The van der Waals surface area contributed by atoms with Crippen molar-refractivity contribution in [1.82, 2.24) is 0 Å². The number of halogens is 4. The van der Waals surface area contributed by atoms with Crippen molar-refractivity contribution in [3.8, 4) is 11.5 Å². The van der Waals surface area contributed by atoms with Gasteiger partial charge in [0.25, 0.3) is 5.91 Å². The molecule has 0 saturated carbocycles. The van der Waals surface area contributed by atoms with Crippen molar-refractivity contribution < 1.29 is 35.5 Å². The number of anilines is 1. The maximum Gasteiger partial charge on any atom is 0.341 e. The Morgan fingerprint density at radius 1 is 0.968 bits per heavy atom. The van der Waals surface area contributed by atoms with Crippen LogP contribution in [0.2, 0.25) is 0 Å². The Balaban J connectivity index is 1.96. The van der Waals surface area contributed by atoms with Crippen LogP contribution < -0.4 is 10.1 Å². The molecule has 3 rings (SSSR count). The summed E-state index contributed by atoms with van der Waals surface area (Å²) in [6.07, 6.45) is 0. The van der Waals surface area contributed by atoms with E-state index in [9.17, 15) is 30.8 Å². The number of rotatable bonds is 6. The van der Waals surface area contributed by atoms with E-state index in [0.29, 0.717) is 11.6 Å². The molecule has 162 valence electrons. The van der Waals surface area contributed by atoms with Crippen LogP contribution in [0.3, 0.4) is 0 Å². The molecular weight excluding hydrogens is 438 g/mol. The van der Waals surface area contributed by atoms with Crippen molar-refractivity contribution in [2.75, 3.05) is 5.32 Å². The Labute approximate surface area is 175 Å². The van der Waals surface area contributed by atoms with Crippen LogP contribution in [0.25, 0.3) is 0 Å². The molecule has 0 atom stereocenters. The zero-order chi connectivity index (χ0) is 22.8.